The molecule has 5 heteroatoms. The fourth-order valence-corrected chi connectivity index (χ4v) is 3.08. The summed E-state index contributed by atoms with van der Waals surface area (Å²) in [5.74, 6) is 6.64. The van der Waals surface area contributed by atoms with Gasteiger partial charge in [-0.05, 0) is 42.9 Å². The van der Waals surface area contributed by atoms with Crippen LogP contribution in [0.4, 0.5) is 5.69 Å². The monoisotopic (exact) mass is 295 g/mol. The highest BCUT2D eigenvalue weighted by atomic mass is 35.5. The molecule has 1 aromatic rings. The van der Waals surface area contributed by atoms with Crippen molar-refractivity contribution in [3.05, 3.63) is 28.8 Å². The van der Waals surface area contributed by atoms with Crippen molar-refractivity contribution in [2.45, 2.75) is 32.6 Å². The lowest BCUT2D eigenvalue weighted by Crippen LogP contribution is -2.32. The van der Waals surface area contributed by atoms with Gasteiger partial charge >= 0.3 is 0 Å². The SMILES string of the molecule is CC1CCCC(CNC(=O)c2cc(Cl)ccc2NN)C1. The Kier molecular flexibility index (Phi) is 5.26. The van der Waals surface area contributed by atoms with Crippen molar-refractivity contribution in [1.82, 2.24) is 5.32 Å². The molecule has 20 heavy (non-hydrogen) atoms. The van der Waals surface area contributed by atoms with E-state index in [1.54, 1.807) is 18.2 Å². The van der Waals surface area contributed by atoms with Gasteiger partial charge in [-0.2, -0.15) is 0 Å². The summed E-state index contributed by atoms with van der Waals surface area (Å²) < 4.78 is 0. The molecule has 1 saturated carbocycles. The summed E-state index contributed by atoms with van der Waals surface area (Å²) in [7, 11) is 0. The second-order valence-corrected chi connectivity index (χ2v) is 6.12. The minimum atomic E-state index is -0.126. The molecule has 0 aliphatic heterocycles. The fraction of sp³-hybridized carbons (Fsp3) is 0.533. The van der Waals surface area contributed by atoms with Crippen LogP contribution in [0.15, 0.2) is 18.2 Å². The van der Waals surface area contributed by atoms with Crippen molar-refractivity contribution in [2.24, 2.45) is 17.7 Å². The Balaban J connectivity index is 1.96. The van der Waals surface area contributed by atoms with Crippen LogP contribution in [0.5, 0.6) is 0 Å². The number of hydrogen-bond donors (Lipinski definition) is 3. The first-order valence-electron chi connectivity index (χ1n) is 7.14. The highest BCUT2D eigenvalue weighted by Crippen LogP contribution is 2.28. The molecule has 0 aromatic heterocycles. The second kappa shape index (κ2) is 6.95. The van der Waals surface area contributed by atoms with Gasteiger partial charge in [0, 0.05) is 11.6 Å². The molecule has 0 spiro atoms. The van der Waals surface area contributed by atoms with Gasteiger partial charge in [0.2, 0.25) is 0 Å². The minimum Gasteiger partial charge on any atom is -0.352 e. The first-order chi connectivity index (χ1) is 9.60. The van der Waals surface area contributed by atoms with E-state index in [1.807, 2.05) is 0 Å². The molecular formula is C15H22ClN3O. The lowest BCUT2D eigenvalue weighted by Gasteiger charge is -2.26. The molecule has 0 heterocycles. The van der Waals surface area contributed by atoms with Crippen LogP contribution in [-0.2, 0) is 0 Å². The molecule has 4 nitrogen and oxygen atoms in total. The van der Waals surface area contributed by atoms with Crippen LogP contribution in [0, 0.1) is 11.8 Å². The number of nitrogen functional groups attached to an aromatic ring is 1. The van der Waals surface area contributed by atoms with Gasteiger partial charge in [0.05, 0.1) is 11.3 Å². The number of carbonyl (C=O) groups is 1. The molecule has 1 aromatic carbocycles. The average Bonchev–Trinajstić information content (AvgIpc) is 2.45. The van der Waals surface area contributed by atoms with Gasteiger partial charge in [-0.1, -0.05) is 31.4 Å². The molecule has 1 aliphatic carbocycles. The van der Waals surface area contributed by atoms with Crippen LogP contribution in [-0.4, -0.2) is 12.5 Å². The molecule has 2 atom stereocenters. The van der Waals surface area contributed by atoms with Gasteiger partial charge in [0.1, 0.15) is 0 Å². The lowest BCUT2D eigenvalue weighted by atomic mass is 9.82. The average molecular weight is 296 g/mol. The molecular weight excluding hydrogens is 274 g/mol. The predicted molar refractivity (Wildman–Crippen MR) is 82.7 cm³/mol. The van der Waals surface area contributed by atoms with Crippen LogP contribution >= 0.6 is 11.6 Å². The number of halogens is 1. The Hall–Kier alpha value is -1.26. The van der Waals surface area contributed by atoms with Gasteiger partial charge in [-0.15, -0.1) is 0 Å². The molecule has 0 bridgehead atoms. The summed E-state index contributed by atoms with van der Waals surface area (Å²) in [5.41, 5.74) is 3.61. The maximum atomic E-state index is 12.2. The number of benzene rings is 1. The van der Waals surface area contributed by atoms with E-state index >= 15 is 0 Å². The van der Waals surface area contributed by atoms with Gasteiger partial charge < -0.3 is 10.7 Å². The molecule has 1 aliphatic rings. The Bertz CT molecular complexity index is 478. The number of nitrogens with two attached hydrogens (primary N) is 1. The molecule has 1 amide bonds. The summed E-state index contributed by atoms with van der Waals surface area (Å²) in [6.45, 7) is 3.00. The Morgan fingerprint density at radius 1 is 1.45 bits per heavy atom. The van der Waals surface area contributed by atoms with Crippen molar-refractivity contribution in [3.63, 3.8) is 0 Å². The predicted octanol–water partition coefficient (Wildman–Crippen LogP) is 3.18. The summed E-state index contributed by atoms with van der Waals surface area (Å²) in [5, 5.41) is 3.53. The number of hydrogen-bond acceptors (Lipinski definition) is 3. The zero-order chi connectivity index (χ0) is 14.5. The van der Waals surface area contributed by atoms with Crippen molar-refractivity contribution in [2.75, 3.05) is 12.0 Å². The zero-order valence-corrected chi connectivity index (χ0v) is 12.5. The molecule has 4 N–H and O–H groups in total. The maximum absolute atomic E-state index is 12.2. The summed E-state index contributed by atoms with van der Waals surface area (Å²) in [4.78, 5) is 12.2. The quantitative estimate of drug-likeness (QED) is 0.590. The van der Waals surface area contributed by atoms with Crippen LogP contribution < -0.4 is 16.6 Å². The molecule has 110 valence electrons. The van der Waals surface area contributed by atoms with Crippen molar-refractivity contribution < 1.29 is 4.79 Å². The van der Waals surface area contributed by atoms with Crippen molar-refractivity contribution in [1.29, 1.82) is 0 Å². The smallest absolute Gasteiger partial charge is 0.253 e. The number of carbonyl (C=O) groups excluding carboxylic acids is 1. The van der Waals surface area contributed by atoms with Gasteiger partial charge in [-0.25, -0.2) is 0 Å². The van der Waals surface area contributed by atoms with E-state index in [0.29, 0.717) is 22.2 Å². The minimum absolute atomic E-state index is 0.126. The molecule has 0 saturated heterocycles. The highest BCUT2D eigenvalue weighted by molar-refractivity contribution is 6.31. The van der Waals surface area contributed by atoms with E-state index in [4.69, 9.17) is 17.4 Å². The van der Waals surface area contributed by atoms with Crippen molar-refractivity contribution >= 4 is 23.2 Å². The Labute approximate surface area is 125 Å². The van der Waals surface area contributed by atoms with Crippen LogP contribution in [0.25, 0.3) is 0 Å². The van der Waals surface area contributed by atoms with E-state index in [0.717, 1.165) is 12.5 Å². The normalized spacial score (nSPS) is 22.4. The molecule has 0 radical (unpaired) electrons. The van der Waals surface area contributed by atoms with Gasteiger partial charge in [-0.3, -0.25) is 10.6 Å². The number of anilines is 1. The van der Waals surface area contributed by atoms with Gasteiger partial charge in [0.25, 0.3) is 5.91 Å². The largest absolute Gasteiger partial charge is 0.352 e. The van der Waals surface area contributed by atoms with E-state index in [-0.39, 0.29) is 5.91 Å². The standard InChI is InChI=1S/C15H22ClN3O/c1-10-3-2-4-11(7-10)9-18-15(20)13-8-12(16)5-6-14(13)19-17/h5-6,8,10-11,19H,2-4,7,9,17H2,1H3,(H,18,20). The van der Waals surface area contributed by atoms with E-state index in [1.165, 1.54) is 25.7 Å². The third-order valence-electron chi connectivity index (χ3n) is 3.98. The number of nitrogens with one attached hydrogen (secondary N) is 2. The van der Waals surface area contributed by atoms with Crippen molar-refractivity contribution in [3.8, 4) is 0 Å². The first-order valence-corrected chi connectivity index (χ1v) is 7.52. The van der Waals surface area contributed by atoms with Gasteiger partial charge in [0.15, 0.2) is 0 Å². The van der Waals surface area contributed by atoms with Crippen LogP contribution in [0.3, 0.4) is 0 Å². The third kappa shape index (κ3) is 3.87. The molecule has 2 unspecified atom stereocenters. The lowest BCUT2D eigenvalue weighted by molar-refractivity contribution is 0.0941. The fourth-order valence-electron chi connectivity index (χ4n) is 2.91. The van der Waals surface area contributed by atoms with E-state index < -0.39 is 0 Å². The van der Waals surface area contributed by atoms with Crippen LogP contribution in [0.2, 0.25) is 5.02 Å². The number of hydrazine groups is 1. The van der Waals surface area contributed by atoms with E-state index in [2.05, 4.69) is 17.7 Å². The number of rotatable bonds is 4. The van der Waals surface area contributed by atoms with Crippen LogP contribution in [0.1, 0.15) is 43.0 Å². The third-order valence-corrected chi connectivity index (χ3v) is 4.21. The molecule has 2 rings (SSSR count). The van der Waals surface area contributed by atoms with E-state index in [9.17, 15) is 4.79 Å². The maximum Gasteiger partial charge on any atom is 0.253 e. The Morgan fingerprint density at radius 2 is 2.25 bits per heavy atom. The zero-order valence-electron chi connectivity index (χ0n) is 11.8. The highest BCUT2D eigenvalue weighted by Gasteiger charge is 2.20. The molecule has 1 fully saturated rings. The summed E-state index contributed by atoms with van der Waals surface area (Å²) >= 11 is 5.94. The Morgan fingerprint density at radius 3 is 2.95 bits per heavy atom. The second-order valence-electron chi connectivity index (χ2n) is 5.68. The summed E-state index contributed by atoms with van der Waals surface area (Å²) in [6.07, 6.45) is 4.95. The number of amides is 1. The summed E-state index contributed by atoms with van der Waals surface area (Å²) in [6, 6.07) is 5.05. The first kappa shape index (κ1) is 15.1. The topological polar surface area (TPSA) is 67.2 Å².